The number of nitrogens with zero attached hydrogens (tertiary/aromatic N) is 4. The second-order valence-electron chi connectivity index (χ2n) is 5.80. The van der Waals surface area contributed by atoms with Gasteiger partial charge in [-0.05, 0) is 37.3 Å². The van der Waals surface area contributed by atoms with E-state index in [9.17, 15) is 4.39 Å². The molecule has 0 saturated carbocycles. The summed E-state index contributed by atoms with van der Waals surface area (Å²) < 4.78 is 20.2. The smallest absolute Gasteiger partial charge is 0.154 e. The Kier molecular flexibility index (Phi) is 5.22. The van der Waals surface area contributed by atoms with Crippen molar-refractivity contribution in [2.75, 3.05) is 7.11 Å². The zero-order chi connectivity index (χ0) is 18.5. The molecule has 0 aliphatic heterocycles. The molecule has 0 spiro atoms. The lowest BCUT2D eigenvalue weighted by molar-refractivity contribution is 0.413. The molecular formula is C20H19FN4O. The third-order valence-electron chi connectivity index (χ3n) is 3.84. The molecule has 0 unspecified atom stereocenters. The van der Waals surface area contributed by atoms with Crippen LogP contribution in [0.4, 0.5) is 4.39 Å². The van der Waals surface area contributed by atoms with Crippen molar-refractivity contribution in [3.8, 4) is 17.0 Å². The molecule has 0 radical (unpaired) electrons. The molecular weight excluding hydrogens is 331 g/mol. The molecule has 0 aliphatic rings. The van der Waals surface area contributed by atoms with E-state index in [-0.39, 0.29) is 5.83 Å². The second kappa shape index (κ2) is 7.74. The van der Waals surface area contributed by atoms with Gasteiger partial charge in [0.1, 0.15) is 11.6 Å². The highest BCUT2D eigenvalue weighted by atomic mass is 19.1. The van der Waals surface area contributed by atoms with Gasteiger partial charge in [-0.1, -0.05) is 18.2 Å². The van der Waals surface area contributed by atoms with Gasteiger partial charge >= 0.3 is 0 Å². The molecule has 26 heavy (non-hydrogen) atoms. The van der Waals surface area contributed by atoms with Crippen LogP contribution in [-0.2, 0) is 6.42 Å². The predicted molar refractivity (Wildman–Crippen MR) is 99.6 cm³/mol. The summed E-state index contributed by atoms with van der Waals surface area (Å²) in [6, 6.07) is 5.71. The molecule has 0 atom stereocenters. The van der Waals surface area contributed by atoms with Crippen molar-refractivity contribution in [2.45, 2.75) is 13.3 Å². The monoisotopic (exact) mass is 350 g/mol. The second-order valence-corrected chi connectivity index (χ2v) is 5.80. The fourth-order valence-corrected chi connectivity index (χ4v) is 2.51. The number of pyridine rings is 1. The lowest BCUT2D eigenvalue weighted by Gasteiger charge is -2.06. The molecule has 3 rings (SSSR count). The number of fused-ring (bicyclic) bond motifs is 1. The Morgan fingerprint density at radius 1 is 1.27 bits per heavy atom. The summed E-state index contributed by atoms with van der Waals surface area (Å²) in [6.07, 6.45) is 10.0. The van der Waals surface area contributed by atoms with Crippen LogP contribution in [0.5, 0.6) is 5.75 Å². The first-order valence-electron chi connectivity index (χ1n) is 8.09. The summed E-state index contributed by atoms with van der Waals surface area (Å²) in [5.74, 6) is 0.304. The Bertz CT molecular complexity index is 1000. The van der Waals surface area contributed by atoms with Gasteiger partial charge in [-0.15, -0.1) is 0 Å². The van der Waals surface area contributed by atoms with Crippen molar-refractivity contribution >= 4 is 5.65 Å². The van der Waals surface area contributed by atoms with Crippen molar-refractivity contribution in [1.29, 1.82) is 0 Å². The van der Waals surface area contributed by atoms with Gasteiger partial charge in [0.05, 0.1) is 30.9 Å². The number of ether oxygens (including phenoxy) is 1. The molecule has 3 aromatic heterocycles. The number of hydrogen-bond acceptors (Lipinski definition) is 4. The Labute approximate surface area is 151 Å². The first-order chi connectivity index (χ1) is 12.6. The van der Waals surface area contributed by atoms with Gasteiger partial charge in [0, 0.05) is 18.2 Å². The Balaban J connectivity index is 1.94. The van der Waals surface area contributed by atoms with Gasteiger partial charge < -0.3 is 4.74 Å². The summed E-state index contributed by atoms with van der Waals surface area (Å²) in [5, 5.41) is 4.66. The molecule has 0 saturated heterocycles. The van der Waals surface area contributed by atoms with Gasteiger partial charge in [0.25, 0.3) is 0 Å². The van der Waals surface area contributed by atoms with Crippen LogP contribution in [0, 0.1) is 0 Å². The van der Waals surface area contributed by atoms with Crippen molar-refractivity contribution in [1.82, 2.24) is 19.6 Å². The number of aromatic nitrogens is 4. The minimum atomic E-state index is -0.366. The lowest BCUT2D eigenvalue weighted by Crippen LogP contribution is -2.00. The van der Waals surface area contributed by atoms with Crippen molar-refractivity contribution in [3.05, 3.63) is 78.7 Å². The van der Waals surface area contributed by atoms with Crippen LogP contribution in [0.3, 0.4) is 0 Å². The third-order valence-corrected chi connectivity index (χ3v) is 3.84. The van der Waals surface area contributed by atoms with Crippen LogP contribution >= 0.6 is 0 Å². The molecule has 0 aliphatic carbocycles. The highest BCUT2D eigenvalue weighted by Crippen LogP contribution is 2.23. The molecule has 132 valence electrons. The van der Waals surface area contributed by atoms with Crippen LogP contribution in [0.2, 0.25) is 0 Å². The average Bonchev–Trinajstić information content (AvgIpc) is 3.09. The SMILES string of the molecule is C=C/C(F)=C\C=C(/C)Cc1ccc2ncc(-c3cncc(OC)c3)n2n1. The van der Waals surface area contributed by atoms with Gasteiger partial charge in [0.2, 0.25) is 0 Å². The number of methoxy groups -OCH3 is 1. The maximum absolute atomic E-state index is 13.2. The summed E-state index contributed by atoms with van der Waals surface area (Å²) in [5.41, 5.74) is 4.27. The number of allylic oxidation sites excluding steroid dienone is 5. The van der Waals surface area contributed by atoms with E-state index in [4.69, 9.17) is 4.74 Å². The van der Waals surface area contributed by atoms with E-state index in [1.165, 1.54) is 12.2 Å². The minimum absolute atomic E-state index is 0.366. The molecule has 3 aromatic rings. The molecule has 0 aromatic carbocycles. The van der Waals surface area contributed by atoms with E-state index in [1.54, 1.807) is 36.3 Å². The Morgan fingerprint density at radius 3 is 2.88 bits per heavy atom. The van der Waals surface area contributed by atoms with Gasteiger partial charge in [0.15, 0.2) is 5.65 Å². The Morgan fingerprint density at radius 2 is 2.12 bits per heavy atom. The summed E-state index contributed by atoms with van der Waals surface area (Å²) >= 11 is 0. The standard InChI is InChI=1S/C20H19FN4O/c1-4-16(21)6-5-14(2)9-17-7-8-20-23-13-19(25(20)24-17)15-10-18(26-3)12-22-11-15/h4-8,10-13H,1,9H2,2-3H3/b14-5+,16-6+. The van der Waals surface area contributed by atoms with Crippen LogP contribution in [-0.4, -0.2) is 26.7 Å². The van der Waals surface area contributed by atoms with E-state index in [0.29, 0.717) is 12.2 Å². The molecule has 0 amide bonds. The van der Waals surface area contributed by atoms with Crippen molar-refractivity contribution < 1.29 is 9.13 Å². The zero-order valence-corrected chi connectivity index (χ0v) is 14.7. The average molecular weight is 350 g/mol. The van der Waals surface area contributed by atoms with Crippen molar-refractivity contribution in [2.24, 2.45) is 0 Å². The number of imidazole rings is 1. The van der Waals surface area contributed by atoms with Crippen molar-refractivity contribution in [3.63, 3.8) is 0 Å². The normalized spacial score (nSPS) is 12.4. The third kappa shape index (κ3) is 3.85. The van der Waals surface area contributed by atoms with Crippen LogP contribution in [0.25, 0.3) is 16.9 Å². The van der Waals surface area contributed by atoms with Crippen LogP contribution in [0.1, 0.15) is 12.6 Å². The van der Waals surface area contributed by atoms with E-state index >= 15 is 0 Å². The first-order valence-corrected chi connectivity index (χ1v) is 8.09. The number of halogens is 1. The van der Waals surface area contributed by atoms with Gasteiger partial charge in [-0.3, -0.25) is 4.98 Å². The predicted octanol–water partition coefficient (Wildman–Crippen LogP) is 4.33. The zero-order valence-electron chi connectivity index (χ0n) is 14.7. The minimum Gasteiger partial charge on any atom is -0.495 e. The number of rotatable bonds is 6. The van der Waals surface area contributed by atoms with E-state index in [1.807, 2.05) is 25.1 Å². The fraction of sp³-hybridized carbons (Fsp3) is 0.150. The fourth-order valence-electron chi connectivity index (χ4n) is 2.51. The summed E-state index contributed by atoms with van der Waals surface area (Å²) in [6.45, 7) is 5.32. The highest BCUT2D eigenvalue weighted by Gasteiger charge is 2.09. The van der Waals surface area contributed by atoms with E-state index in [2.05, 4.69) is 21.6 Å². The summed E-state index contributed by atoms with van der Waals surface area (Å²) in [7, 11) is 1.60. The van der Waals surface area contributed by atoms with E-state index in [0.717, 1.165) is 28.2 Å². The molecule has 0 N–H and O–H groups in total. The maximum atomic E-state index is 13.2. The molecule has 0 bridgehead atoms. The van der Waals surface area contributed by atoms with Crippen LogP contribution < -0.4 is 4.74 Å². The Hall–Kier alpha value is -3.28. The number of hydrogen-bond donors (Lipinski definition) is 0. The largest absolute Gasteiger partial charge is 0.495 e. The molecule has 5 nitrogen and oxygen atoms in total. The van der Waals surface area contributed by atoms with Crippen LogP contribution in [0.15, 0.2) is 73.0 Å². The van der Waals surface area contributed by atoms with E-state index < -0.39 is 0 Å². The highest BCUT2D eigenvalue weighted by molar-refractivity contribution is 5.63. The quantitative estimate of drug-likeness (QED) is 0.621. The first kappa shape index (κ1) is 17.5. The molecule has 0 fully saturated rings. The lowest BCUT2D eigenvalue weighted by atomic mass is 10.1. The van der Waals surface area contributed by atoms with Gasteiger partial charge in [-0.2, -0.15) is 5.10 Å². The topological polar surface area (TPSA) is 52.3 Å². The summed E-state index contributed by atoms with van der Waals surface area (Å²) in [4.78, 5) is 8.57. The molecule has 3 heterocycles. The maximum Gasteiger partial charge on any atom is 0.154 e. The molecule has 6 heteroatoms. The van der Waals surface area contributed by atoms with Gasteiger partial charge in [-0.25, -0.2) is 13.9 Å².